The van der Waals surface area contributed by atoms with E-state index in [0.29, 0.717) is 11.1 Å². The van der Waals surface area contributed by atoms with Crippen molar-refractivity contribution in [1.29, 1.82) is 5.26 Å². The molecule has 0 unspecified atom stereocenters. The van der Waals surface area contributed by atoms with Gasteiger partial charge in [0.1, 0.15) is 5.57 Å². The number of hydrogen-bond acceptors (Lipinski definition) is 3. The van der Waals surface area contributed by atoms with Crippen molar-refractivity contribution in [2.75, 3.05) is 0 Å². The van der Waals surface area contributed by atoms with Crippen molar-refractivity contribution in [1.82, 2.24) is 0 Å². The van der Waals surface area contributed by atoms with Crippen molar-refractivity contribution < 1.29 is 14.7 Å². The van der Waals surface area contributed by atoms with Gasteiger partial charge in [0.2, 0.25) is 0 Å². The minimum Gasteiger partial charge on any atom is -0.478 e. The normalized spacial score (nSPS) is 10.6. The molecule has 1 N–H and O–H groups in total. The zero-order valence-electron chi connectivity index (χ0n) is 8.60. The molecule has 0 aliphatic rings. The molecule has 1 rings (SSSR count). The predicted octanol–water partition coefficient (Wildman–Crippen LogP) is 1.62. The second-order valence-electron chi connectivity index (χ2n) is 3.16. The number of nitriles is 1. The molecule has 0 heterocycles. The van der Waals surface area contributed by atoms with E-state index >= 15 is 0 Å². The molecule has 0 fully saturated rings. The Morgan fingerprint density at radius 1 is 1.44 bits per heavy atom. The summed E-state index contributed by atoms with van der Waals surface area (Å²) in [5, 5.41) is 17.4. The van der Waals surface area contributed by atoms with Gasteiger partial charge in [-0.1, -0.05) is 12.1 Å². The van der Waals surface area contributed by atoms with E-state index in [0.717, 1.165) is 0 Å². The van der Waals surface area contributed by atoms with E-state index < -0.39 is 11.8 Å². The molecule has 0 spiro atoms. The standard InChI is InChI=1S/C12H9NO3/c1-8(14)11(12(15)16)6-9-3-2-4-10(5-9)7-13/h2-6H,1H3,(H,15,16). The minimum absolute atomic E-state index is 0.296. The van der Waals surface area contributed by atoms with Crippen LogP contribution in [0.2, 0.25) is 0 Å². The first-order valence-electron chi connectivity index (χ1n) is 4.50. The number of nitrogens with zero attached hydrogens (tertiary/aromatic N) is 1. The van der Waals surface area contributed by atoms with Crippen LogP contribution < -0.4 is 0 Å². The van der Waals surface area contributed by atoms with E-state index in [1.807, 2.05) is 6.07 Å². The molecule has 0 aliphatic heterocycles. The van der Waals surface area contributed by atoms with E-state index in [-0.39, 0.29) is 5.57 Å². The van der Waals surface area contributed by atoms with Crippen molar-refractivity contribution in [2.24, 2.45) is 0 Å². The number of aliphatic carboxylic acids is 1. The molecule has 0 saturated carbocycles. The highest BCUT2D eigenvalue weighted by atomic mass is 16.4. The lowest BCUT2D eigenvalue weighted by molar-refractivity contribution is -0.134. The van der Waals surface area contributed by atoms with Crippen LogP contribution in [0.15, 0.2) is 29.8 Å². The van der Waals surface area contributed by atoms with Crippen molar-refractivity contribution in [3.63, 3.8) is 0 Å². The Morgan fingerprint density at radius 2 is 2.12 bits per heavy atom. The van der Waals surface area contributed by atoms with Crippen molar-refractivity contribution >= 4 is 17.8 Å². The zero-order valence-corrected chi connectivity index (χ0v) is 8.60. The van der Waals surface area contributed by atoms with Crippen molar-refractivity contribution in [2.45, 2.75) is 6.92 Å². The summed E-state index contributed by atoms with van der Waals surface area (Å²) in [4.78, 5) is 21.8. The fourth-order valence-corrected chi connectivity index (χ4v) is 1.18. The maximum Gasteiger partial charge on any atom is 0.339 e. The van der Waals surface area contributed by atoms with Gasteiger partial charge in [-0.05, 0) is 30.7 Å². The lowest BCUT2D eigenvalue weighted by atomic mass is 10.1. The smallest absolute Gasteiger partial charge is 0.339 e. The Morgan fingerprint density at radius 3 is 2.62 bits per heavy atom. The van der Waals surface area contributed by atoms with Gasteiger partial charge in [-0.25, -0.2) is 4.79 Å². The van der Waals surface area contributed by atoms with Gasteiger partial charge in [0, 0.05) is 0 Å². The Labute approximate surface area is 92.4 Å². The Balaban J connectivity index is 3.19. The number of carboxylic acid groups (broad SMARTS) is 1. The highest BCUT2D eigenvalue weighted by molar-refractivity contribution is 6.19. The van der Waals surface area contributed by atoms with E-state index in [2.05, 4.69) is 0 Å². The van der Waals surface area contributed by atoms with Crippen LogP contribution in [0, 0.1) is 11.3 Å². The molecule has 0 saturated heterocycles. The number of rotatable bonds is 3. The van der Waals surface area contributed by atoms with Gasteiger partial charge in [0.15, 0.2) is 5.78 Å². The van der Waals surface area contributed by atoms with Crippen LogP contribution in [0.25, 0.3) is 6.08 Å². The molecule has 0 bridgehead atoms. The SMILES string of the molecule is CC(=O)C(=Cc1cccc(C#N)c1)C(=O)O. The van der Waals surface area contributed by atoms with Gasteiger partial charge in [-0.15, -0.1) is 0 Å². The van der Waals surface area contributed by atoms with Gasteiger partial charge in [0.05, 0.1) is 11.6 Å². The van der Waals surface area contributed by atoms with Crippen molar-refractivity contribution in [3.05, 3.63) is 41.0 Å². The maximum absolute atomic E-state index is 11.0. The zero-order chi connectivity index (χ0) is 12.1. The minimum atomic E-state index is -1.27. The summed E-state index contributed by atoms with van der Waals surface area (Å²) in [6.45, 7) is 1.19. The lowest BCUT2D eigenvalue weighted by Crippen LogP contribution is -2.08. The molecule has 1 aromatic carbocycles. The second kappa shape index (κ2) is 4.89. The largest absolute Gasteiger partial charge is 0.478 e. The third-order valence-corrected chi connectivity index (χ3v) is 1.94. The summed E-state index contributed by atoms with van der Waals surface area (Å²) in [7, 11) is 0. The fraction of sp³-hybridized carbons (Fsp3) is 0.0833. The van der Waals surface area contributed by atoms with Gasteiger partial charge < -0.3 is 5.11 Å². The highest BCUT2D eigenvalue weighted by Gasteiger charge is 2.12. The van der Waals surface area contributed by atoms with Crippen LogP contribution in [-0.4, -0.2) is 16.9 Å². The topological polar surface area (TPSA) is 78.2 Å². The third kappa shape index (κ3) is 2.79. The number of ketones is 1. The summed E-state index contributed by atoms with van der Waals surface area (Å²) in [5.74, 6) is -1.79. The van der Waals surface area contributed by atoms with E-state index in [4.69, 9.17) is 10.4 Å². The molecular formula is C12H9NO3. The van der Waals surface area contributed by atoms with Crippen LogP contribution in [-0.2, 0) is 9.59 Å². The maximum atomic E-state index is 11.0. The van der Waals surface area contributed by atoms with Gasteiger partial charge >= 0.3 is 5.97 Å². The van der Waals surface area contributed by atoms with Gasteiger partial charge in [0.25, 0.3) is 0 Å². The molecular weight excluding hydrogens is 206 g/mol. The first-order valence-corrected chi connectivity index (χ1v) is 4.50. The summed E-state index contributed by atoms with van der Waals surface area (Å²) >= 11 is 0. The Hall–Kier alpha value is -2.41. The Bertz CT molecular complexity index is 493. The fourth-order valence-electron chi connectivity index (χ4n) is 1.18. The van der Waals surface area contributed by atoms with Crippen LogP contribution in [0.1, 0.15) is 18.1 Å². The molecule has 1 aromatic rings. The van der Waals surface area contributed by atoms with E-state index in [1.54, 1.807) is 18.2 Å². The summed E-state index contributed by atoms with van der Waals surface area (Å²) in [6.07, 6.45) is 1.26. The molecule has 16 heavy (non-hydrogen) atoms. The number of Topliss-reactive ketones (excluding diaryl/α,β-unsaturated/α-hetero) is 1. The van der Waals surface area contributed by atoms with E-state index in [1.165, 1.54) is 19.1 Å². The quantitative estimate of drug-likeness (QED) is 0.472. The average molecular weight is 215 g/mol. The molecule has 0 radical (unpaired) electrons. The lowest BCUT2D eigenvalue weighted by Gasteiger charge is -1.98. The molecule has 80 valence electrons. The van der Waals surface area contributed by atoms with Gasteiger partial charge in [-0.2, -0.15) is 5.26 Å². The van der Waals surface area contributed by atoms with E-state index in [9.17, 15) is 9.59 Å². The first kappa shape index (κ1) is 11.7. The molecule has 4 nitrogen and oxygen atoms in total. The molecule has 0 atom stereocenters. The average Bonchev–Trinajstić information content (AvgIpc) is 2.25. The monoisotopic (exact) mass is 215 g/mol. The number of carboxylic acids is 1. The van der Waals surface area contributed by atoms with Crippen molar-refractivity contribution in [3.8, 4) is 6.07 Å². The van der Waals surface area contributed by atoms with Crippen LogP contribution >= 0.6 is 0 Å². The van der Waals surface area contributed by atoms with Gasteiger partial charge in [-0.3, -0.25) is 4.79 Å². The first-order chi connectivity index (χ1) is 7.54. The second-order valence-corrected chi connectivity index (χ2v) is 3.16. The number of carbonyl (C=O) groups excluding carboxylic acids is 1. The van der Waals surface area contributed by atoms with Crippen LogP contribution in [0.4, 0.5) is 0 Å². The summed E-state index contributed by atoms with van der Waals surface area (Å²) < 4.78 is 0. The third-order valence-electron chi connectivity index (χ3n) is 1.94. The summed E-state index contributed by atoms with van der Waals surface area (Å²) in [6, 6.07) is 8.32. The predicted molar refractivity (Wildman–Crippen MR) is 57.5 cm³/mol. The molecule has 4 heteroatoms. The number of carbonyl (C=O) groups is 2. The van der Waals surface area contributed by atoms with Crippen LogP contribution in [0.5, 0.6) is 0 Å². The molecule has 0 amide bonds. The van der Waals surface area contributed by atoms with Crippen LogP contribution in [0.3, 0.4) is 0 Å². The molecule has 0 aromatic heterocycles. The molecule has 0 aliphatic carbocycles. The number of hydrogen-bond donors (Lipinski definition) is 1. The Kier molecular flexibility index (Phi) is 3.57. The summed E-state index contributed by atoms with van der Waals surface area (Å²) in [5.41, 5.74) is 0.642. The highest BCUT2D eigenvalue weighted by Crippen LogP contribution is 2.10. The number of benzene rings is 1.